The van der Waals surface area contributed by atoms with Gasteiger partial charge in [-0.2, -0.15) is 0 Å². The van der Waals surface area contributed by atoms with E-state index in [1.165, 1.54) is 22.3 Å². The van der Waals surface area contributed by atoms with Crippen LogP contribution in [0, 0.1) is 6.92 Å². The zero-order valence-corrected chi connectivity index (χ0v) is 18.4. The molecule has 0 aliphatic heterocycles. The maximum absolute atomic E-state index is 13.1. The number of anilines is 1. The first-order chi connectivity index (χ1) is 14.6. The molecule has 1 aromatic carbocycles. The summed E-state index contributed by atoms with van der Waals surface area (Å²) in [5, 5.41) is 9.45. The van der Waals surface area contributed by atoms with Crippen molar-refractivity contribution in [1.82, 2.24) is 10.3 Å². The lowest BCUT2D eigenvalue weighted by Gasteiger charge is -2.13. The van der Waals surface area contributed by atoms with Gasteiger partial charge in [0.2, 0.25) is 5.91 Å². The molecule has 0 bridgehead atoms. The van der Waals surface area contributed by atoms with Gasteiger partial charge in [-0.05, 0) is 49.8 Å². The highest BCUT2D eigenvalue weighted by Gasteiger charge is 2.26. The normalized spacial score (nSPS) is 13.2. The van der Waals surface area contributed by atoms with Gasteiger partial charge in [-0.1, -0.05) is 30.3 Å². The summed E-state index contributed by atoms with van der Waals surface area (Å²) in [5.74, 6) is -0.385. The molecule has 0 radical (unpaired) electrons. The van der Waals surface area contributed by atoms with Gasteiger partial charge in [0.05, 0.1) is 16.3 Å². The Morgan fingerprint density at radius 2 is 1.97 bits per heavy atom. The number of carbonyl (C=O) groups is 2. The van der Waals surface area contributed by atoms with E-state index in [0.717, 1.165) is 47.5 Å². The van der Waals surface area contributed by atoms with Crippen molar-refractivity contribution in [2.75, 3.05) is 5.32 Å². The molecule has 0 spiro atoms. The molecule has 0 atom stereocenters. The van der Waals surface area contributed by atoms with E-state index in [4.69, 9.17) is 0 Å². The molecule has 0 saturated carbocycles. The molecule has 1 aliphatic rings. The fourth-order valence-corrected chi connectivity index (χ4v) is 5.40. The van der Waals surface area contributed by atoms with Crippen LogP contribution in [0.5, 0.6) is 0 Å². The fraction of sp³-hybridized carbons (Fsp3) is 0.261. The van der Waals surface area contributed by atoms with E-state index in [2.05, 4.69) is 15.6 Å². The van der Waals surface area contributed by atoms with Crippen LogP contribution in [0.1, 0.15) is 49.9 Å². The van der Waals surface area contributed by atoms with Crippen LogP contribution < -0.4 is 10.6 Å². The first-order valence-electron chi connectivity index (χ1n) is 9.98. The first-order valence-corrected chi connectivity index (χ1v) is 11.7. The van der Waals surface area contributed by atoms with Gasteiger partial charge < -0.3 is 10.6 Å². The summed E-state index contributed by atoms with van der Waals surface area (Å²) >= 11 is 3.07. The van der Waals surface area contributed by atoms with Crippen LogP contribution in [0.3, 0.4) is 0 Å². The van der Waals surface area contributed by atoms with Gasteiger partial charge >= 0.3 is 0 Å². The van der Waals surface area contributed by atoms with Crippen molar-refractivity contribution in [2.45, 2.75) is 39.2 Å². The summed E-state index contributed by atoms with van der Waals surface area (Å²) in [5.41, 5.74) is 3.52. The summed E-state index contributed by atoms with van der Waals surface area (Å²) in [6.45, 7) is 2.39. The van der Waals surface area contributed by atoms with E-state index in [-0.39, 0.29) is 11.8 Å². The third-order valence-electron chi connectivity index (χ3n) is 4.97. The van der Waals surface area contributed by atoms with E-state index in [1.807, 2.05) is 42.6 Å². The summed E-state index contributed by atoms with van der Waals surface area (Å²) in [7, 11) is 0. The number of nitrogens with one attached hydrogen (secondary N) is 2. The van der Waals surface area contributed by atoms with Crippen molar-refractivity contribution in [3.8, 4) is 0 Å². The van der Waals surface area contributed by atoms with E-state index in [0.29, 0.717) is 17.1 Å². The lowest BCUT2D eigenvalue weighted by atomic mass is 9.95. The lowest BCUT2D eigenvalue weighted by molar-refractivity contribution is -0.111. The Morgan fingerprint density at radius 1 is 1.17 bits per heavy atom. The van der Waals surface area contributed by atoms with Gasteiger partial charge in [-0.3, -0.25) is 9.59 Å². The van der Waals surface area contributed by atoms with Crippen molar-refractivity contribution in [1.29, 1.82) is 0 Å². The molecule has 2 amide bonds. The highest BCUT2D eigenvalue weighted by molar-refractivity contribution is 7.17. The number of rotatable bonds is 6. The number of nitrogens with zero attached hydrogens (tertiary/aromatic N) is 1. The molecule has 30 heavy (non-hydrogen) atoms. The van der Waals surface area contributed by atoms with Crippen molar-refractivity contribution in [2.24, 2.45) is 0 Å². The Morgan fingerprint density at radius 3 is 2.73 bits per heavy atom. The van der Waals surface area contributed by atoms with Crippen molar-refractivity contribution < 1.29 is 9.59 Å². The number of thiophene rings is 1. The molecule has 0 fully saturated rings. The van der Waals surface area contributed by atoms with E-state index < -0.39 is 0 Å². The van der Waals surface area contributed by atoms with E-state index in [9.17, 15) is 9.59 Å². The topological polar surface area (TPSA) is 71.1 Å². The molecule has 2 N–H and O–H groups in total. The quantitative estimate of drug-likeness (QED) is 0.535. The predicted octanol–water partition coefficient (Wildman–Crippen LogP) is 4.97. The van der Waals surface area contributed by atoms with Crippen molar-refractivity contribution in [3.05, 3.63) is 74.1 Å². The average molecular weight is 438 g/mol. The Bertz CT molecular complexity index is 1080. The van der Waals surface area contributed by atoms with Gasteiger partial charge in [-0.15, -0.1) is 22.7 Å². The second kappa shape index (κ2) is 9.36. The zero-order chi connectivity index (χ0) is 20.9. The Kier molecular flexibility index (Phi) is 6.40. The maximum Gasteiger partial charge on any atom is 0.254 e. The van der Waals surface area contributed by atoms with Gasteiger partial charge in [0.25, 0.3) is 5.91 Å². The molecule has 0 saturated heterocycles. The molecule has 1 aliphatic carbocycles. The van der Waals surface area contributed by atoms with Crippen LogP contribution in [0.4, 0.5) is 5.00 Å². The number of aryl methyl sites for hydroxylation is 2. The number of aromatic nitrogens is 1. The largest absolute Gasteiger partial charge is 0.348 e. The minimum atomic E-state index is -0.253. The van der Waals surface area contributed by atoms with Gasteiger partial charge in [0.15, 0.2) is 0 Å². The Balaban J connectivity index is 1.52. The molecular weight excluding hydrogens is 414 g/mol. The Hall–Kier alpha value is -2.77. The van der Waals surface area contributed by atoms with Crippen molar-refractivity contribution >= 4 is 45.6 Å². The third-order valence-corrected chi connectivity index (χ3v) is 6.97. The number of benzene rings is 1. The fourth-order valence-electron chi connectivity index (χ4n) is 3.53. The molecule has 7 heteroatoms. The lowest BCUT2D eigenvalue weighted by Crippen LogP contribution is -2.25. The smallest absolute Gasteiger partial charge is 0.254 e. The van der Waals surface area contributed by atoms with Crippen LogP contribution in [-0.2, 0) is 24.2 Å². The SMILES string of the molecule is Cc1nc(/C=C/C(=O)Nc2sc3c(c2C(=O)NCc2ccccc2)CCCC3)cs1. The van der Waals surface area contributed by atoms with Gasteiger partial charge in [0.1, 0.15) is 5.00 Å². The van der Waals surface area contributed by atoms with Gasteiger partial charge in [-0.25, -0.2) is 4.98 Å². The number of hydrogen-bond acceptors (Lipinski definition) is 5. The zero-order valence-electron chi connectivity index (χ0n) is 16.7. The summed E-state index contributed by atoms with van der Waals surface area (Å²) in [6, 6.07) is 9.83. The minimum absolute atomic E-state index is 0.132. The number of carbonyl (C=O) groups excluding carboxylic acids is 2. The van der Waals surface area contributed by atoms with Crippen LogP contribution in [0.15, 0.2) is 41.8 Å². The number of amides is 2. The predicted molar refractivity (Wildman–Crippen MR) is 123 cm³/mol. The third kappa shape index (κ3) is 4.86. The maximum atomic E-state index is 13.1. The minimum Gasteiger partial charge on any atom is -0.348 e. The van der Waals surface area contributed by atoms with E-state index >= 15 is 0 Å². The molecule has 3 aromatic rings. The molecule has 4 rings (SSSR count). The summed E-state index contributed by atoms with van der Waals surface area (Å²) in [6.07, 6.45) is 7.20. The van der Waals surface area contributed by atoms with Crippen LogP contribution in [-0.4, -0.2) is 16.8 Å². The highest BCUT2D eigenvalue weighted by Crippen LogP contribution is 2.38. The summed E-state index contributed by atoms with van der Waals surface area (Å²) in [4.78, 5) is 31.1. The molecular formula is C23H23N3O2S2. The molecule has 2 heterocycles. The second-order valence-corrected chi connectivity index (χ2v) is 9.36. The first kappa shape index (κ1) is 20.5. The molecule has 5 nitrogen and oxygen atoms in total. The molecule has 154 valence electrons. The number of hydrogen-bond donors (Lipinski definition) is 2. The average Bonchev–Trinajstić information content (AvgIpc) is 3.34. The Labute approximate surface area is 183 Å². The molecule has 0 unspecified atom stereocenters. The van der Waals surface area contributed by atoms with E-state index in [1.54, 1.807) is 17.4 Å². The monoisotopic (exact) mass is 437 g/mol. The van der Waals surface area contributed by atoms with Crippen LogP contribution in [0.2, 0.25) is 0 Å². The van der Waals surface area contributed by atoms with Gasteiger partial charge in [0, 0.05) is 22.9 Å². The second-order valence-electron chi connectivity index (χ2n) is 7.20. The van der Waals surface area contributed by atoms with Crippen LogP contribution >= 0.6 is 22.7 Å². The number of thiazole rings is 1. The molecule has 2 aromatic heterocycles. The van der Waals surface area contributed by atoms with Crippen molar-refractivity contribution in [3.63, 3.8) is 0 Å². The standard InChI is InChI=1S/C23H23N3O2S2/c1-15-25-17(14-29-15)11-12-20(27)26-23-21(18-9-5-6-10-19(18)30-23)22(28)24-13-16-7-3-2-4-8-16/h2-4,7-8,11-12,14H,5-6,9-10,13H2,1H3,(H,24,28)(H,26,27)/b12-11+. The number of fused-ring (bicyclic) bond motifs is 1. The van der Waals surface area contributed by atoms with Crippen LogP contribution in [0.25, 0.3) is 6.08 Å². The summed E-state index contributed by atoms with van der Waals surface area (Å²) < 4.78 is 0. The highest BCUT2D eigenvalue weighted by atomic mass is 32.1.